The summed E-state index contributed by atoms with van der Waals surface area (Å²) in [5, 5.41) is 0. The Morgan fingerprint density at radius 3 is 2.27 bits per heavy atom. The molecule has 1 heterocycles. The van der Waals surface area contributed by atoms with E-state index in [2.05, 4.69) is 29.3 Å². The Kier molecular flexibility index (Phi) is 4.05. The fourth-order valence-corrected chi connectivity index (χ4v) is 4.62. The SMILES string of the molecule is C1=NC[C@@H](COc2ccc(C3C4CCCC3CCC4)cc2)O1. The van der Waals surface area contributed by atoms with Crippen LogP contribution in [0.1, 0.15) is 50.0 Å². The zero-order valence-corrected chi connectivity index (χ0v) is 13.1. The monoisotopic (exact) mass is 299 g/mol. The standard InChI is InChI=1S/C19H25NO2/c1-3-14-5-2-6-15(4-1)19(14)16-7-9-17(10-8-16)21-12-18-11-20-13-22-18/h7-10,13-15,18-19H,1-6,11-12H2/t14?,15?,18-,19?/m0/s1. The average molecular weight is 299 g/mol. The molecule has 0 spiro atoms. The molecule has 2 aliphatic carbocycles. The van der Waals surface area contributed by atoms with Crippen LogP contribution in [0.3, 0.4) is 0 Å². The number of fused-ring (bicyclic) bond motifs is 2. The number of hydrogen-bond acceptors (Lipinski definition) is 3. The van der Waals surface area contributed by atoms with E-state index in [1.54, 1.807) is 0 Å². The van der Waals surface area contributed by atoms with Crippen LogP contribution in [0.5, 0.6) is 5.75 Å². The van der Waals surface area contributed by atoms with Gasteiger partial charge in [-0.1, -0.05) is 25.0 Å². The molecule has 0 N–H and O–H groups in total. The normalized spacial score (nSPS) is 33.5. The molecule has 2 bridgehead atoms. The fraction of sp³-hybridized carbons (Fsp3) is 0.632. The van der Waals surface area contributed by atoms with Gasteiger partial charge in [0.05, 0.1) is 6.54 Å². The second-order valence-electron chi connectivity index (χ2n) is 7.02. The maximum atomic E-state index is 5.82. The quantitative estimate of drug-likeness (QED) is 0.835. The fourth-order valence-electron chi connectivity index (χ4n) is 4.62. The number of ether oxygens (including phenoxy) is 2. The van der Waals surface area contributed by atoms with Crippen LogP contribution in [0.2, 0.25) is 0 Å². The molecule has 1 aromatic rings. The van der Waals surface area contributed by atoms with Gasteiger partial charge < -0.3 is 9.47 Å². The highest BCUT2D eigenvalue weighted by atomic mass is 16.5. The number of aliphatic imine (C=N–C) groups is 1. The topological polar surface area (TPSA) is 30.8 Å². The Morgan fingerprint density at radius 2 is 1.68 bits per heavy atom. The summed E-state index contributed by atoms with van der Waals surface area (Å²) in [5.74, 6) is 3.58. The van der Waals surface area contributed by atoms with Gasteiger partial charge in [-0.25, -0.2) is 0 Å². The summed E-state index contributed by atoms with van der Waals surface area (Å²) in [7, 11) is 0. The number of rotatable bonds is 4. The minimum atomic E-state index is 0.0809. The summed E-state index contributed by atoms with van der Waals surface area (Å²) in [6.45, 7) is 1.29. The number of nitrogens with zero attached hydrogens (tertiary/aromatic N) is 1. The van der Waals surface area contributed by atoms with Crippen LogP contribution < -0.4 is 4.74 Å². The third-order valence-corrected chi connectivity index (χ3v) is 5.65. The van der Waals surface area contributed by atoms with Gasteiger partial charge in [-0.2, -0.15) is 0 Å². The van der Waals surface area contributed by atoms with Crippen molar-refractivity contribution in [1.29, 1.82) is 0 Å². The largest absolute Gasteiger partial charge is 0.490 e. The third kappa shape index (κ3) is 2.86. The summed E-state index contributed by atoms with van der Waals surface area (Å²) in [6, 6.07) is 8.86. The Bertz CT molecular complexity index is 495. The van der Waals surface area contributed by atoms with Crippen LogP contribution in [-0.2, 0) is 4.74 Å². The Balaban J connectivity index is 1.40. The average Bonchev–Trinajstić information content (AvgIpc) is 3.06. The van der Waals surface area contributed by atoms with Gasteiger partial charge in [-0.15, -0.1) is 0 Å². The Labute approximate surface area is 132 Å². The van der Waals surface area contributed by atoms with Gasteiger partial charge in [0, 0.05) is 0 Å². The molecule has 3 nitrogen and oxygen atoms in total. The minimum absolute atomic E-state index is 0.0809. The molecular formula is C19H25NO2. The lowest BCUT2D eigenvalue weighted by Crippen LogP contribution is -2.30. The van der Waals surface area contributed by atoms with Crippen LogP contribution in [-0.4, -0.2) is 25.7 Å². The molecule has 22 heavy (non-hydrogen) atoms. The van der Waals surface area contributed by atoms with Gasteiger partial charge >= 0.3 is 0 Å². The number of hydrogen-bond donors (Lipinski definition) is 0. The van der Waals surface area contributed by atoms with E-state index in [-0.39, 0.29) is 6.10 Å². The van der Waals surface area contributed by atoms with Gasteiger partial charge in [0.2, 0.25) is 0 Å². The molecule has 0 amide bonds. The van der Waals surface area contributed by atoms with Crippen LogP contribution >= 0.6 is 0 Å². The molecular weight excluding hydrogens is 274 g/mol. The molecule has 2 saturated carbocycles. The minimum Gasteiger partial charge on any atom is -0.490 e. The van der Waals surface area contributed by atoms with Crippen molar-refractivity contribution in [2.24, 2.45) is 16.8 Å². The van der Waals surface area contributed by atoms with E-state index in [9.17, 15) is 0 Å². The smallest absolute Gasteiger partial charge is 0.170 e. The molecule has 1 aliphatic heterocycles. The van der Waals surface area contributed by atoms with E-state index in [1.807, 2.05) is 0 Å². The van der Waals surface area contributed by atoms with Crippen LogP contribution in [0.4, 0.5) is 0 Å². The van der Waals surface area contributed by atoms with Gasteiger partial charge in [0.15, 0.2) is 12.5 Å². The Hall–Kier alpha value is -1.51. The molecule has 118 valence electrons. The van der Waals surface area contributed by atoms with Crippen LogP contribution in [0, 0.1) is 11.8 Å². The lowest BCUT2D eigenvalue weighted by Gasteiger charge is -2.43. The molecule has 1 atom stereocenters. The van der Waals surface area contributed by atoms with Crippen molar-refractivity contribution in [2.45, 2.75) is 50.5 Å². The van der Waals surface area contributed by atoms with Gasteiger partial charge in [-0.05, 0) is 61.1 Å². The van der Waals surface area contributed by atoms with Crippen molar-refractivity contribution in [3.63, 3.8) is 0 Å². The van der Waals surface area contributed by atoms with Crippen LogP contribution in [0.25, 0.3) is 0 Å². The lowest BCUT2D eigenvalue weighted by molar-refractivity contribution is 0.146. The van der Waals surface area contributed by atoms with Gasteiger partial charge in [0.25, 0.3) is 0 Å². The molecule has 0 saturated heterocycles. The molecule has 0 radical (unpaired) electrons. The lowest BCUT2D eigenvalue weighted by atomic mass is 9.62. The highest BCUT2D eigenvalue weighted by Gasteiger charge is 2.36. The van der Waals surface area contributed by atoms with E-state index in [1.165, 1.54) is 50.5 Å². The summed E-state index contributed by atoms with van der Waals surface area (Å²) in [5.41, 5.74) is 1.53. The zero-order chi connectivity index (χ0) is 14.8. The predicted molar refractivity (Wildman–Crippen MR) is 87.6 cm³/mol. The first kappa shape index (κ1) is 14.1. The molecule has 0 unspecified atom stereocenters. The first-order valence-electron chi connectivity index (χ1n) is 8.76. The third-order valence-electron chi connectivity index (χ3n) is 5.65. The van der Waals surface area contributed by atoms with Crippen molar-refractivity contribution in [1.82, 2.24) is 0 Å². The molecule has 4 rings (SSSR count). The Morgan fingerprint density at radius 1 is 1.00 bits per heavy atom. The highest BCUT2D eigenvalue weighted by molar-refractivity contribution is 5.48. The van der Waals surface area contributed by atoms with Gasteiger partial charge in [-0.3, -0.25) is 4.99 Å². The van der Waals surface area contributed by atoms with Crippen molar-refractivity contribution >= 4 is 6.40 Å². The maximum absolute atomic E-state index is 5.82. The van der Waals surface area contributed by atoms with Crippen molar-refractivity contribution in [2.75, 3.05) is 13.2 Å². The molecule has 1 aromatic carbocycles. The number of benzene rings is 1. The highest BCUT2D eigenvalue weighted by Crippen LogP contribution is 2.49. The second kappa shape index (κ2) is 6.31. The van der Waals surface area contributed by atoms with E-state index in [4.69, 9.17) is 9.47 Å². The maximum Gasteiger partial charge on any atom is 0.170 e. The van der Waals surface area contributed by atoms with E-state index < -0.39 is 0 Å². The van der Waals surface area contributed by atoms with E-state index >= 15 is 0 Å². The van der Waals surface area contributed by atoms with Crippen molar-refractivity contribution in [3.05, 3.63) is 29.8 Å². The second-order valence-corrected chi connectivity index (χ2v) is 7.02. The molecule has 3 aliphatic rings. The summed E-state index contributed by atoms with van der Waals surface area (Å²) in [6.07, 6.45) is 10.2. The zero-order valence-electron chi connectivity index (χ0n) is 13.1. The summed E-state index contributed by atoms with van der Waals surface area (Å²) in [4.78, 5) is 4.06. The molecule has 3 heteroatoms. The van der Waals surface area contributed by atoms with Crippen LogP contribution in [0.15, 0.2) is 29.3 Å². The van der Waals surface area contributed by atoms with Gasteiger partial charge in [0.1, 0.15) is 12.4 Å². The van der Waals surface area contributed by atoms with E-state index in [0.29, 0.717) is 13.2 Å². The summed E-state index contributed by atoms with van der Waals surface area (Å²) < 4.78 is 11.1. The first-order chi connectivity index (χ1) is 10.9. The molecule has 0 aromatic heterocycles. The van der Waals surface area contributed by atoms with Crippen molar-refractivity contribution in [3.8, 4) is 5.75 Å². The van der Waals surface area contributed by atoms with E-state index in [0.717, 1.165) is 23.5 Å². The molecule has 2 fully saturated rings. The summed E-state index contributed by atoms with van der Waals surface area (Å²) >= 11 is 0. The first-order valence-corrected chi connectivity index (χ1v) is 8.76. The van der Waals surface area contributed by atoms with Crippen molar-refractivity contribution < 1.29 is 9.47 Å². The predicted octanol–water partition coefficient (Wildman–Crippen LogP) is 4.18.